The fourth-order valence-corrected chi connectivity index (χ4v) is 3.58. The Morgan fingerprint density at radius 3 is 2.88 bits per heavy atom. The van der Waals surface area contributed by atoms with E-state index in [1.807, 2.05) is 12.1 Å². The van der Waals surface area contributed by atoms with Gasteiger partial charge in [-0.05, 0) is 48.9 Å². The predicted molar refractivity (Wildman–Crippen MR) is 103 cm³/mol. The molecule has 3 heterocycles. The summed E-state index contributed by atoms with van der Waals surface area (Å²) in [5, 5.41) is 3.48. The summed E-state index contributed by atoms with van der Waals surface area (Å²) in [7, 11) is 0. The Kier molecular flexibility index (Phi) is 4.34. The van der Waals surface area contributed by atoms with E-state index in [0.29, 0.717) is 11.6 Å². The Labute approximate surface area is 152 Å². The summed E-state index contributed by atoms with van der Waals surface area (Å²) < 4.78 is 2.07. The molecule has 134 valence electrons. The van der Waals surface area contributed by atoms with Gasteiger partial charge in [-0.2, -0.15) is 0 Å². The van der Waals surface area contributed by atoms with Crippen LogP contribution in [-0.2, 0) is 6.42 Å². The van der Waals surface area contributed by atoms with Gasteiger partial charge in [0.2, 0.25) is 5.91 Å². The number of hydrogen-bond acceptors (Lipinski definition) is 4. The first-order chi connectivity index (χ1) is 12.6. The number of primary amides is 1. The van der Waals surface area contributed by atoms with Gasteiger partial charge >= 0.3 is 0 Å². The fourth-order valence-electron chi connectivity index (χ4n) is 3.58. The van der Waals surface area contributed by atoms with Crippen molar-refractivity contribution in [1.29, 1.82) is 0 Å². The first-order valence-electron chi connectivity index (χ1n) is 8.91. The summed E-state index contributed by atoms with van der Waals surface area (Å²) in [5.41, 5.74) is 10.3. The van der Waals surface area contributed by atoms with E-state index in [4.69, 9.17) is 10.7 Å². The third-order valence-corrected chi connectivity index (χ3v) is 4.94. The second-order valence-electron chi connectivity index (χ2n) is 6.87. The molecule has 0 saturated carbocycles. The Bertz CT molecular complexity index is 931. The van der Waals surface area contributed by atoms with Gasteiger partial charge in [-0.15, -0.1) is 0 Å². The lowest BCUT2D eigenvalue weighted by Gasteiger charge is -2.38. The number of aromatic nitrogens is 2. The van der Waals surface area contributed by atoms with Crippen LogP contribution >= 0.6 is 0 Å². The molecule has 1 atom stereocenters. The van der Waals surface area contributed by atoms with Crippen LogP contribution in [0.4, 0.5) is 5.69 Å². The van der Waals surface area contributed by atoms with Gasteiger partial charge in [0.1, 0.15) is 5.65 Å². The molecule has 0 spiro atoms. The van der Waals surface area contributed by atoms with Gasteiger partial charge in [0, 0.05) is 55.7 Å². The summed E-state index contributed by atoms with van der Waals surface area (Å²) >= 11 is 0. The molecule has 0 radical (unpaired) electrons. The quantitative estimate of drug-likeness (QED) is 0.753. The highest BCUT2D eigenvalue weighted by molar-refractivity contribution is 5.93. The molecule has 0 aliphatic carbocycles. The zero-order chi connectivity index (χ0) is 18.1. The maximum atomic E-state index is 11.3. The average Bonchev–Trinajstić information content (AvgIpc) is 3.03. The molecule has 1 aliphatic heterocycles. The molecule has 1 saturated heterocycles. The van der Waals surface area contributed by atoms with Crippen molar-refractivity contribution in [2.24, 2.45) is 5.73 Å². The number of imidazole rings is 1. The summed E-state index contributed by atoms with van der Waals surface area (Å²) in [6.07, 6.45) is 5.03. The Morgan fingerprint density at radius 2 is 2.12 bits per heavy atom. The number of fused-ring (bicyclic) bond motifs is 1. The number of anilines is 1. The molecule has 1 aliphatic rings. The number of carbonyl (C=O) groups is 1. The Balaban J connectivity index is 1.57. The highest BCUT2D eigenvalue weighted by atomic mass is 16.1. The largest absolute Gasteiger partial charge is 0.366 e. The number of amides is 1. The number of benzene rings is 1. The lowest BCUT2D eigenvalue weighted by Crippen LogP contribution is -2.52. The zero-order valence-electron chi connectivity index (χ0n) is 14.9. The van der Waals surface area contributed by atoms with Crippen LogP contribution in [0.5, 0.6) is 0 Å². The highest BCUT2D eigenvalue weighted by Crippen LogP contribution is 2.21. The van der Waals surface area contributed by atoms with E-state index in [1.165, 1.54) is 5.56 Å². The van der Waals surface area contributed by atoms with E-state index >= 15 is 0 Å². The maximum Gasteiger partial charge on any atom is 0.248 e. The molecule has 1 fully saturated rings. The molecule has 6 nitrogen and oxygen atoms in total. The number of hydrogen-bond donors (Lipinski definition) is 2. The SMILES string of the molecule is Cc1ccn2cc(CC3CNCCN3c3ccc(C(N)=O)cc3)nc2c1. The standard InChI is InChI=1S/C20H23N5O/c1-14-6-8-24-13-16(23-19(24)10-14)11-18-12-22-7-9-25(18)17-4-2-15(3-5-17)20(21)26/h2-6,8,10,13,18,22H,7,9,11-12H2,1H3,(H2,21,26). The lowest BCUT2D eigenvalue weighted by atomic mass is 10.1. The van der Waals surface area contributed by atoms with Crippen LogP contribution in [0.1, 0.15) is 21.6 Å². The molecular weight excluding hydrogens is 326 g/mol. The van der Waals surface area contributed by atoms with Gasteiger partial charge in [-0.1, -0.05) is 0 Å². The molecule has 3 aromatic rings. The van der Waals surface area contributed by atoms with Crippen molar-refractivity contribution in [1.82, 2.24) is 14.7 Å². The summed E-state index contributed by atoms with van der Waals surface area (Å²) in [6, 6.07) is 12.1. The van der Waals surface area contributed by atoms with Crippen LogP contribution in [0.3, 0.4) is 0 Å². The van der Waals surface area contributed by atoms with Gasteiger partial charge in [0.15, 0.2) is 0 Å². The second kappa shape index (κ2) is 6.80. The molecule has 1 unspecified atom stereocenters. The van der Waals surface area contributed by atoms with Gasteiger partial charge in [0.25, 0.3) is 0 Å². The molecule has 6 heteroatoms. The van der Waals surface area contributed by atoms with Crippen LogP contribution in [-0.4, -0.2) is 41.0 Å². The number of pyridine rings is 1. The minimum absolute atomic E-state index is 0.314. The molecule has 0 bridgehead atoms. The van der Waals surface area contributed by atoms with Crippen LogP contribution in [0, 0.1) is 6.92 Å². The zero-order valence-corrected chi connectivity index (χ0v) is 14.9. The monoisotopic (exact) mass is 349 g/mol. The first kappa shape index (κ1) is 16.6. The molecule has 3 N–H and O–H groups in total. The average molecular weight is 349 g/mol. The minimum atomic E-state index is -0.395. The number of aryl methyl sites for hydroxylation is 1. The fraction of sp³-hybridized carbons (Fsp3) is 0.300. The van der Waals surface area contributed by atoms with Gasteiger partial charge < -0.3 is 20.4 Å². The summed E-state index contributed by atoms with van der Waals surface area (Å²) in [4.78, 5) is 18.5. The van der Waals surface area contributed by atoms with E-state index in [9.17, 15) is 4.79 Å². The van der Waals surface area contributed by atoms with Crippen molar-refractivity contribution in [3.05, 3.63) is 65.6 Å². The number of rotatable bonds is 4. The van der Waals surface area contributed by atoms with Gasteiger partial charge in [-0.25, -0.2) is 4.98 Å². The van der Waals surface area contributed by atoms with E-state index in [1.54, 1.807) is 12.1 Å². The maximum absolute atomic E-state index is 11.3. The number of nitrogens with zero attached hydrogens (tertiary/aromatic N) is 3. The highest BCUT2D eigenvalue weighted by Gasteiger charge is 2.24. The van der Waals surface area contributed by atoms with E-state index in [2.05, 4.69) is 46.1 Å². The molecule has 1 aromatic carbocycles. The molecule has 2 aromatic heterocycles. The van der Waals surface area contributed by atoms with Crippen LogP contribution in [0.25, 0.3) is 5.65 Å². The topological polar surface area (TPSA) is 75.7 Å². The second-order valence-corrected chi connectivity index (χ2v) is 6.87. The summed E-state index contributed by atoms with van der Waals surface area (Å²) in [6.45, 7) is 4.85. The smallest absolute Gasteiger partial charge is 0.248 e. The Hall–Kier alpha value is -2.86. The molecular formula is C20H23N5O. The van der Waals surface area contributed by atoms with Crippen LogP contribution in [0.2, 0.25) is 0 Å². The first-order valence-corrected chi connectivity index (χ1v) is 8.91. The van der Waals surface area contributed by atoms with Crippen molar-refractivity contribution < 1.29 is 4.79 Å². The third kappa shape index (κ3) is 3.28. The Morgan fingerprint density at radius 1 is 1.31 bits per heavy atom. The van der Waals surface area contributed by atoms with Crippen molar-refractivity contribution in [3.8, 4) is 0 Å². The predicted octanol–water partition coefficient (Wildman–Crippen LogP) is 1.76. The van der Waals surface area contributed by atoms with Crippen LogP contribution in [0.15, 0.2) is 48.8 Å². The van der Waals surface area contributed by atoms with Crippen LogP contribution < -0.4 is 16.0 Å². The number of nitrogens with two attached hydrogens (primary N) is 1. The van der Waals surface area contributed by atoms with E-state index in [0.717, 1.165) is 43.1 Å². The molecule has 1 amide bonds. The minimum Gasteiger partial charge on any atom is -0.366 e. The van der Waals surface area contributed by atoms with Crippen molar-refractivity contribution in [3.63, 3.8) is 0 Å². The van der Waals surface area contributed by atoms with Crippen molar-refractivity contribution >= 4 is 17.2 Å². The molecule has 4 rings (SSSR count). The normalized spacial score (nSPS) is 17.6. The van der Waals surface area contributed by atoms with Crippen molar-refractivity contribution in [2.45, 2.75) is 19.4 Å². The van der Waals surface area contributed by atoms with E-state index in [-0.39, 0.29) is 0 Å². The lowest BCUT2D eigenvalue weighted by molar-refractivity contribution is 0.100. The van der Waals surface area contributed by atoms with E-state index < -0.39 is 5.91 Å². The number of nitrogens with one attached hydrogen (secondary N) is 1. The number of piperazine rings is 1. The third-order valence-electron chi connectivity index (χ3n) is 4.94. The van der Waals surface area contributed by atoms with Gasteiger partial charge in [0.05, 0.1) is 5.69 Å². The van der Waals surface area contributed by atoms with Gasteiger partial charge in [-0.3, -0.25) is 4.79 Å². The number of carbonyl (C=O) groups excluding carboxylic acids is 1. The summed E-state index contributed by atoms with van der Waals surface area (Å²) in [5.74, 6) is -0.395. The molecule has 26 heavy (non-hydrogen) atoms. The van der Waals surface area contributed by atoms with Crippen molar-refractivity contribution in [2.75, 3.05) is 24.5 Å².